The molecule has 0 spiro atoms. The van der Waals surface area contributed by atoms with Gasteiger partial charge < -0.3 is 0 Å². The third-order valence-corrected chi connectivity index (χ3v) is 2.92. The Morgan fingerprint density at radius 1 is 1.26 bits per heavy atom. The van der Waals surface area contributed by atoms with E-state index in [2.05, 4.69) is 20.1 Å². The largest absolute Gasteiger partial charge is 0.294 e. The number of pyridine rings is 1. The number of carbonyl (C=O) groups is 1. The first-order chi connectivity index (χ1) is 9.16. The normalized spacial score (nSPS) is 10.8. The van der Waals surface area contributed by atoms with Crippen LogP contribution in [-0.4, -0.2) is 30.3 Å². The van der Waals surface area contributed by atoms with E-state index in [1.807, 2.05) is 19.1 Å². The molecule has 6 heteroatoms. The van der Waals surface area contributed by atoms with Gasteiger partial charge in [-0.2, -0.15) is 4.98 Å². The Hall–Kier alpha value is -2.63. The summed E-state index contributed by atoms with van der Waals surface area (Å²) in [5.41, 5.74) is 2.16. The molecule has 0 aromatic carbocycles. The highest BCUT2D eigenvalue weighted by molar-refractivity contribution is 5.94. The number of rotatable bonds is 2. The zero-order valence-corrected chi connectivity index (χ0v) is 10.5. The lowest BCUT2D eigenvalue weighted by molar-refractivity contribution is 0.101. The van der Waals surface area contributed by atoms with E-state index in [0.717, 1.165) is 11.3 Å². The number of Topliss-reactive ketones (excluding diaryl/α,β-unsaturated/α-hetero) is 1. The van der Waals surface area contributed by atoms with Gasteiger partial charge in [0.05, 0.1) is 11.3 Å². The van der Waals surface area contributed by atoms with Gasteiger partial charge in [0.25, 0.3) is 5.78 Å². The van der Waals surface area contributed by atoms with E-state index >= 15 is 0 Å². The van der Waals surface area contributed by atoms with Gasteiger partial charge >= 0.3 is 0 Å². The Kier molecular flexibility index (Phi) is 2.56. The molecular weight excluding hydrogens is 242 g/mol. The van der Waals surface area contributed by atoms with E-state index < -0.39 is 0 Å². The number of fused-ring (bicyclic) bond motifs is 1. The lowest BCUT2D eigenvalue weighted by Crippen LogP contribution is -2.05. The van der Waals surface area contributed by atoms with E-state index in [-0.39, 0.29) is 5.78 Å². The van der Waals surface area contributed by atoms with Crippen molar-refractivity contribution in [3.8, 4) is 11.4 Å². The predicted octanol–water partition coefficient (Wildman–Crippen LogP) is 1.70. The van der Waals surface area contributed by atoms with Gasteiger partial charge in [0.2, 0.25) is 0 Å². The fourth-order valence-corrected chi connectivity index (χ4v) is 1.91. The Bertz CT molecular complexity index is 763. The monoisotopic (exact) mass is 253 g/mol. The zero-order valence-electron chi connectivity index (χ0n) is 10.5. The second-order valence-electron chi connectivity index (χ2n) is 4.20. The molecule has 0 bridgehead atoms. The molecule has 3 heterocycles. The highest BCUT2D eigenvalue weighted by Gasteiger charge is 2.13. The second kappa shape index (κ2) is 4.24. The molecule has 0 radical (unpaired) electrons. The maximum atomic E-state index is 11.5. The molecule has 0 fully saturated rings. The molecule has 3 rings (SSSR count). The summed E-state index contributed by atoms with van der Waals surface area (Å²) in [5.74, 6) is 1.01. The molecule has 6 nitrogen and oxygen atoms in total. The van der Waals surface area contributed by atoms with Crippen molar-refractivity contribution in [2.24, 2.45) is 0 Å². The van der Waals surface area contributed by atoms with E-state index in [1.165, 1.54) is 13.1 Å². The standard InChI is InChI=1S/C13H11N5O/c1-8-11(9(2)19)7-15-13-16-12(17-18(8)13)10-3-5-14-6-4-10/h3-7H,1-2H3. The number of hydrogen-bond donors (Lipinski definition) is 0. The number of nitrogens with zero attached hydrogens (tertiary/aromatic N) is 5. The summed E-state index contributed by atoms with van der Waals surface area (Å²) in [6.07, 6.45) is 4.91. The van der Waals surface area contributed by atoms with Crippen LogP contribution in [0.2, 0.25) is 0 Å². The molecule has 3 aromatic heterocycles. The second-order valence-corrected chi connectivity index (χ2v) is 4.20. The fourth-order valence-electron chi connectivity index (χ4n) is 1.91. The van der Waals surface area contributed by atoms with Crippen molar-refractivity contribution >= 4 is 11.6 Å². The lowest BCUT2D eigenvalue weighted by atomic mass is 10.2. The predicted molar refractivity (Wildman–Crippen MR) is 68.8 cm³/mol. The molecule has 0 aliphatic rings. The summed E-state index contributed by atoms with van der Waals surface area (Å²) in [6, 6.07) is 3.66. The molecule has 0 saturated carbocycles. The topological polar surface area (TPSA) is 73.0 Å². The molecule has 0 aliphatic heterocycles. The fraction of sp³-hybridized carbons (Fsp3) is 0.154. The van der Waals surface area contributed by atoms with E-state index in [4.69, 9.17) is 0 Å². The van der Waals surface area contributed by atoms with Gasteiger partial charge in [-0.15, -0.1) is 5.10 Å². The van der Waals surface area contributed by atoms with Gasteiger partial charge in [0.1, 0.15) is 0 Å². The Balaban J connectivity index is 2.22. The summed E-state index contributed by atoms with van der Waals surface area (Å²) >= 11 is 0. The molecule has 3 aromatic rings. The van der Waals surface area contributed by atoms with E-state index in [0.29, 0.717) is 17.2 Å². The molecule has 94 valence electrons. The third-order valence-electron chi connectivity index (χ3n) is 2.92. The number of carbonyl (C=O) groups excluding carboxylic acids is 1. The first-order valence-electron chi connectivity index (χ1n) is 5.80. The summed E-state index contributed by atoms with van der Waals surface area (Å²) in [6.45, 7) is 3.34. The molecule has 0 atom stereocenters. The van der Waals surface area contributed by atoms with Crippen molar-refractivity contribution in [2.75, 3.05) is 0 Å². The Morgan fingerprint density at radius 2 is 2.00 bits per heavy atom. The summed E-state index contributed by atoms with van der Waals surface area (Å²) < 4.78 is 1.59. The van der Waals surface area contributed by atoms with Crippen molar-refractivity contribution in [2.45, 2.75) is 13.8 Å². The van der Waals surface area contributed by atoms with Crippen LogP contribution in [0.15, 0.2) is 30.7 Å². The van der Waals surface area contributed by atoms with Crippen LogP contribution in [0.3, 0.4) is 0 Å². The molecule has 0 aliphatic carbocycles. The van der Waals surface area contributed by atoms with Gasteiger partial charge in [0, 0.05) is 24.2 Å². The van der Waals surface area contributed by atoms with E-state index in [1.54, 1.807) is 16.9 Å². The quantitative estimate of drug-likeness (QED) is 0.650. The molecule has 0 N–H and O–H groups in total. The lowest BCUT2D eigenvalue weighted by Gasteiger charge is -2.01. The summed E-state index contributed by atoms with van der Waals surface area (Å²) in [4.78, 5) is 23.9. The molecule has 0 unspecified atom stereocenters. The number of aryl methyl sites for hydroxylation is 1. The highest BCUT2D eigenvalue weighted by atomic mass is 16.1. The minimum Gasteiger partial charge on any atom is -0.294 e. The number of hydrogen-bond acceptors (Lipinski definition) is 5. The average molecular weight is 253 g/mol. The van der Waals surface area contributed by atoms with Crippen molar-refractivity contribution in [1.29, 1.82) is 0 Å². The van der Waals surface area contributed by atoms with Crippen molar-refractivity contribution in [3.63, 3.8) is 0 Å². The molecule has 19 heavy (non-hydrogen) atoms. The number of ketones is 1. The minimum atomic E-state index is -0.0344. The van der Waals surface area contributed by atoms with Crippen molar-refractivity contribution < 1.29 is 4.79 Å². The summed E-state index contributed by atoms with van der Waals surface area (Å²) in [5, 5.41) is 4.39. The van der Waals surface area contributed by atoms with Crippen molar-refractivity contribution in [1.82, 2.24) is 24.6 Å². The van der Waals surface area contributed by atoms with Gasteiger partial charge in [-0.05, 0) is 26.0 Å². The first kappa shape index (κ1) is 11.5. The van der Waals surface area contributed by atoms with Crippen LogP contribution >= 0.6 is 0 Å². The van der Waals surface area contributed by atoms with Crippen LogP contribution < -0.4 is 0 Å². The van der Waals surface area contributed by atoms with Crippen LogP contribution in [0.25, 0.3) is 17.2 Å². The highest BCUT2D eigenvalue weighted by Crippen LogP contribution is 2.16. The van der Waals surface area contributed by atoms with E-state index in [9.17, 15) is 4.79 Å². The van der Waals surface area contributed by atoms with Gasteiger partial charge in [0.15, 0.2) is 11.6 Å². The number of aromatic nitrogens is 5. The minimum absolute atomic E-state index is 0.0344. The SMILES string of the molecule is CC(=O)c1cnc2nc(-c3ccncc3)nn2c1C. The smallest absolute Gasteiger partial charge is 0.252 e. The molecule has 0 amide bonds. The van der Waals surface area contributed by atoms with Gasteiger partial charge in [-0.1, -0.05) is 0 Å². The maximum absolute atomic E-state index is 11.5. The van der Waals surface area contributed by atoms with Crippen LogP contribution in [0.1, 0.15) is 23.0 Å². The first-order valence-corrected chi connectivity index (χ1v) is 5.80. The zero-order chi connectivity index (χ0) is 13.4. The van der Waals surface area contributed by atoms with Crippen LogP contribution in [-0.2, 0) is 0 Å². The van der Waals surface area contributed by atoms with Crippen LogP contribution in [0, 0.1) is 6.92 Å². The average Bonchev–Trinajstić information content (AvgIpc) is 2.85. The van der Waals surface area contributed by atoms with Gasteiger partial charge in [-0.3, -0.25) is 9.78 Å². The van der Waals surface area contributed by atoms with Crippen molar-refractivity contribution in [3.05, 3.63) is 42.0 Å². The van der Waals surface area contributed by atoms with Crippen LogP contribution in [0.4, 0.5) is 0 Å². The summed E-state index contributed by atoms with van der Waals surface area (Å²) in [7, 11) is 0. The maximum Gasteiger partial charge on any atom is 0.252 e. The third kappa shape index (κ3) is 1.87. The van der Waals surface area contributed by atoms with Crippen LogP contribution in [0.5, 0.6) is 0 Å². The Morgan fingerprint density at radius 3 is 2.68 bits per heavy atom. The Labute approximate surface area is 109 Å². The van der Waals surface area contributed by atoms with Gasteiger partial charge in [-0.25, -0.2) is 9.50 Å². The molecular formula is C13H11N5O. The molecule has 0 saturated heterocycles.